The summed E-state index contributed by atoms with van der Waals surface area (Å²) in [5, 5.41) is 9.13. The van der Waals surface area contributed by atoms with Gasteiger partial charge in [-0.15, -0.1) is 0 Å². The number of ketones is 1. The van der Waals surface area contributed by atoms with Crippen molar-refractivity contribution in [3.63, 3.8) is 0 Å². The van der Waals surface area contributed by atoms with Gasteiger partial charge in [-0.3, -0.25) is 4.79 Å². The number of carboxylic acids is 1. The summed E-state index contributed by atoms with van der Waals surface area (Å²) in [7, 11) is 0. The third-order valence-corrected chi connectivity index (χ3v) is 2.75. The van der Waals surface area contributed by atoms with E-state index in [4.69, 9.17) is 5.11 Å². The molecule has 1 N–H and O–H groups in total. The number of carbonyl (C=O) groups is 2. The van der Waals surface area contributed by atoms with Crippen LogP contribution in [0, 0.1) is 12.7 Å². The van der Waals surface area contributed by atoms with Gasteiger partial charge in [0.15, 0.2) is 5.78 Å². The summed E-state index contributed by atoms with van der Waals surface area (Å²) in [5.41, 5.74) is 1.25. The van der Waals surface area contributed by atoms with Crippen LogP contribution in [0.25, 0.3) is 5.69 Å². The monoisotopic (exact) mass is 261 g/mol. The lowest BCUT2D eigenvalue weighted by molar-refractivity contribution is 0.0688. The number of halogens is 1. The van der Waals surface area contributed by atoms with Crippen molar-refractivity contribution >= 4 is 11.8 Å². The van der Waals surface area contributed by atoms with Crippen LogP contribution in [0.4, 0.5) is 4.39 Å². The molecular weight excluding hydrogens is 249 g/mol. The third kappa shape index (κ3) is 2.54. The van der Waals surface area contributed by atoms with Crippen molar-refractivity contribution in [3.8, 4) is 5.69 Å². The van der Waals surface area contributed by atoms with Gasteiger partial charge in [-0.2, -0.15) is 0 Å². The average molecular weight is 261 g/mol. The SMILES string of the molecule is CC(=O)c1cc(C(=O)O)n(-c2cc(C)cc(F)c2)c1. The molecule has 0 spiro atoms. The van der Waals surface area contributed by atoms with Crippen molar-refractivity contribution in [3.05, 3.63) is 53.1 Å². The number of rotatable bonds is 3. The van der Waals surface area contributed by atoms with Crippen LogP contribution in [0.5, 0.6) is 0 Å². The lowest BCUT2D eigenvalue weighted by Gasteiger charge is -2.07. The first-order valence-electron chi connectivity index (χ1n) is 5.62. The Morgan fingerprint density at radius 3 is 2.42 bits per heavy atom. The van der Waals surface area contributed by atoms with Gasteiger partial charge in [0.1, 0.15) is 11.5 Å². The average Bonchev–Trinajstić information content (AvgIpc) is 2.72. The Morgan fingerprint density at radius 1 is 1.21 bits per heavy atom. The van der Waals surface area contributed by atoms with Gasteiger partial charge < -0.3 is 9.67 Å². The van der Waals surface area contributed by atoms with Gasteiger partial charge in [-0.1, -0.05) is 0 Å². The normalized spacial score (nSPS) is 10.5. The second kappa shape index (κ2) is 4.68. The Bertz CT molecular complexity index is 653. The summed E-state index contributed by atoms with van der Waals surface area (Å²) in [6, 6.07) is 5.51. The predicted octanol–water partition coefficient (Wildman–Crippen LogP) is 2.83. The minimum Gasteiger partial charge on any atom is -0.477 e. The minimum absolute atomic E-state index is 0.0739. The van der Waals surface area contributed by atoms with Gasteiger partial charge in [0.05, 0.1) is 0 Å². The van der Waals surface area contributed by atoms with E-state index in [9.17, 15) is 14.0 Å². The van der Waals surface area contributed by atoms with Crippen molar-refractivity contribution in [2.45, 2.75) is 13.8 Å². The van der Waals surface area contributed by atoms with Crippen LogP contribution in [0.1, 0.15) is 33.3 Å². The standard InChI is InChI=1S/C14H12FNO3/c1-8-3-11(15)6-12(4-8)16-7-10(9(2)17)5-13(16)14(18)19/h3-7H,1-2H3,(H,18,19). The molecule has 0 saturated heterocycles. The number of carboxylic acid groups (broad SMARTS) is 1. The van der Waals surface area contributed by atoms with Crippen LogP contribution in [-0.4, -0.2) is 21.4 Å². The molecule has 0 bridgehead atoms. The number of nitrogens with zero attached hydrogens (tertiary/aromatic N) is 1. The summed E-state index contributed by atoms with van der Waals surface area (Å²) < 4.78 is 14.7. The fourth-order valence-electron chi connectivity index (χ4n) is 1.89. The Kier molecular flexibility index (Phi) is 3.21. The van der Waals surface area contributed by atoms with Crippen LogP contribution in [0.3, 0.4) is 0 Å². The highest BCUT2D eigenvalue weighted by molar-refractivity contribution is 5.97. The first-order valence-corrected chi connectivity index (χ1v) is 5.62. The van der Waals surface area contributed by atoms with E-state index in [1.54, 1.807) is 13.0 Å². The van der Waals surface area contributed by atoms with Gasteiger partial charge in [-0.25, -0.2) is 9.18 Å². The predicted molar refractivity (Wildman–Crippen MR) is 67.4 cm³/mol. The second-order valence-corrected chi connectivity index (χ2v) is 4.33. The molecule has 0 unspecified atom stereocenters. The van der Waals surface area contributed by atoms with Gasteiger partial charge in [0, 0.05) is 17.4 Å². The largest absolute Gasteiger partial charge is 0.477 e. The van der Waals surface area contributed by atoms with E-state index >= 15 is 0 Å². The quantitative estimate of drug-likeness (QED) is 0.864. The highest BCUT2D eigenvalue weighted by Gasteiger charge is 2.16. The second-order valence-electron chi connectivity index (χ2n) is 4.33. The molecule has 0 atom stereocenters. The number of hydrogen-bond donors (Lipinski definition) is 1. The molecule has 1 aromatic heterocycles. The topological polar surface area (TPSA) is 59.3 Å². The fourth-order valence-corrected chi connectivity index (χ4v) is 1.89. The van der Waals surface area contributed by atoms with E-state index in [0.717, 1.165) is 0 Å². The van der Waals surface area contributed by atoms with Crippen LogP contribution in [0.15, 0.2) is 30.5 Å². The van der Waals surface area contributed by atoms with Crippen LogP contribution >= 0.6 is 0 Å². The smallest absolute Gasteiger partial charge is 0.352 e. The van der Waals surface area contributed by atoms with Gasteiger partial charge >= 0.3 is 5.97 Å². The number of carbonyl (C=O) groups excluding carboxylic acids is 1. The summed E-state index contributed by atoms with van der Waals surface area (Å²) in [6.45, 7) is 3.06. The highest BCUT2D eigenvalue weighted by atomic mass is 19.1. The molecule has 2 rings (SSSR count). The van der Waals surface area contributed by atoms with Crippen LogP contribution in [-0.2, 0) is 0 Å². The molecule has 0 amide bonds. The summed E-state index contributed by atoms with van der Waals surface area (Å²) in [6.07, 6.45) is 1.40. The van der Waals surface area contributed by atoms with Crippen molar-refractivity contribution in [1.82, 2.24) is 4.57 Å². The number of aryl methyl sites for hydroxylation is 1. The lowest BCUT2D eigenvalue weighted by atomic mass is 10.2. The number of aromatic carboxylic acids is 1. The van der Waals surface area contributed by atoms with Crippen molar-refractivity contribution in [1.29, 1.82) is 0 Å². The molecule has 0 saturated carbocycles. The van der Waals surface area contributed by atoms with E-state index in [0.29, 0.717) is 11.3 Å². The molecule has 0 aliphatic rings. The van der Waals surface area contributed by atoms with Crippen LogP contribution in [0.2, 0.25) is 0 Å². The molecule has 0 radical (unpaired) electrons. The molecular formula is C14H12FNO3. The zero-order valence-corrected chi connectivity index (χ0v) is 10.5. The van der Waals surface area contributed by atoms with Crippen molar-refractivity contribution in [2.75, 3.05) is 0 Å². The fraction of sp³-hybridized carbons (Fsp3) is 0.143. The number of Topliss-reactive ketones (excluding diaryl/α,β-unsaturated/α-hetero) is 1. The number of aromatic nitrogens is 1. The molecule has 0 aliphatic carbocycles. The Labute approximate surface area is 109 Å². The van der Waals surface area contributed by atoms with E-state index in [1.807, 2.05) is 0 Å². The molecule has 0 aliphatic heterocycles. The van der Waals surface area contributed by atoms with E-state index in [2.05, 4.69) is 0 Å². The zero-order chi connectivity index (χ0) is 14.2. The molecule has 2 aromatic rings. The van der Waals surface area contributed by atoms with E-state index in [-0.39, 0.29) is 17.0 Å². The van der Waals surface area contributed by atoms with Crippen molar-refractivity contribution < 1.29 is 19.1 Å². The molecule has 4 nitrogen and oxygen atoms in total. The molecule has 98 valence electrons. The Morgan fingerprint density at radius 2 is 1.89 bits per heavy atom. The van der Waals surface area contributed by atoms with E-state index in [1.165, 1.54) is 35.9 Å². The first kappa shape index (κ1) is 13.0. The molecule has 0 fully saturated rings. The lowest BCUT2D eigenvalue weighted by Crippen LogP contribution is -2.06. The summed E-state index contributed by atoms with van der Waals surface area (Å²) in [5.74, 6) is -1.87. The third-order valence-electron chi connectivity index (χ3n) is 2.75. The number of hydrogen-bond acceptors (Lipinski definition) is 2. The Hall–Kier alpha value is -2.43. The molecule has 5 heteroatoms. The van der Waals surface area contributed by atoms with Gasteiger partial charge in [-0.05, 0) is 43.7 Å². The van der Waals surface area contributed by atoms with Gasteiger partial charge in [0.2, 0.25) is 0 Å². The van der Waals surface area contributed by atoms with Gasteiger partial charge in [0.25, 0.3) is 0 Å². The summed E-state index contributed by atoms with van der Waals surface area (Å²) in [4.78, 5) is 22.5. The minimum atomic E-state index is -1.17. The molecule has 1 aromatic carbocycles. The van der Waals surface area contributed by atoms with Crippen LogP contribution < -0.4 is 0 Å². The van der Waals surface area contributed by atoms with Crippen molar-refractivity contribution in [2.24, 2.45) is 0 Å². The molecule has 19 heavy (non-hydrogen) atoms. The maximum absolute atomic E-state index is 13.4. The maximum Gasteiger partial charge on any atom is 0.352 e. The molecule has 1 heterocycles. The first-order chi connectivity index (χ1) is 8.88. The maximum atomic E-state index is 13.4. The zero-order valence-electron chi connectivity index (χ0n) is 10.5. The Balaban J connectivity index is 2.66. The number of benzene rings is 1. The highest BCUT2D eigenvalue weighted by Crippen LogP contribution is 2.19. The van der Waals surface area contributed by atoms with E-state index < -0.39 is 11.8 Å². The summed E-state index contributed by atoms with van der Waals surface area (Å²) >= 11 is 0.